The van der Waals surface area contributed by atoms with Gasteiger partial charge < -0.3 is 10.2 Å². The number of aromatic nitrogens is 2. The normalized spacial score (nSPS) is 20.2. The Kier molecular flexibility index (Phi) is 3.38. The molecular weight excluding hydrogens is 286 g/mol. The van der Waals surface area contributed by atoms with E-state index in [1.807, 2.05) is 19.9 Å². The monoisotopic (exact) mass is 305 g/mol. The van der Waals surface area contributed by atoms with Crippen molar-refractivity contribution in [2.45, 2.75) is 38.8 Å². The molecule has 0 bridgehead atoms. The Bertz CT molecular complexity index is 643. The van der Waals surface area contributed by atoms with Crippen LogP contribution in [-0.4, -0.2) is 51.2 Å². The van der Waals surface area contributed by atoms with E-state index in [9.17, 15) is 14.4 Å². The number of hydrogen-bond donors (Lipinski definition) is 2. The molecule has 2 saturated heterocycles. The van der Waals surface area contributed by atoms with E-state index in [4.69, 9.17) is 0 Å². The third-order valence-corrected chi connectivity index (χ3v) is 4.37. The molecule has 2 aliphatic rings. The van der Waals surface area contributed by atoms with Gasteiger partial charge in [0.25, 0.3) is 5.91 Å². The molecule has 2 aliphatic heterocycles. The summed E-state index contributed by atoms with van der Waals surface area (Å²) in [6.45, 7) is 4.90. The van der Waals surface area contributed by atoms with E-state index in [-0.39, 0.29) is 18.4 Å². The zero-order chi connectivity index (χ0) is 15.9. The lowest BCUT2D eigenvalue weighted by atomic mass is 9.88. The summed E-state index contributed by atoms with van der Waals surface area (Å²) in [5.74, 6) is -0.311. The highest BCUT2D eigenvalue weighted by Crippen LogP contribution is 2.25. The van der Waals surface area contributed by atoms with Gasteiger partial charge in [0.15, 0.2) is 0 Å². The molecule has 2 fully saturated rings. The molecule has 22 heavy (non-hydrogen) atoms. The van der Waals surface area contributed by atoms with Crippen molar-refractivity contribution in [3.63, 3.8) is 0 Å². The predicted molar refractivity (Wildman–Crippen MR) is 76.9 cm³/mol. The van der Waals surface area contributed by atoms with Gasteiger partial charge in [-0.2, -0.15) is 5.10 Å². The molecule has 0 unspecified atom stereocenters. The van der Waals surface area contributed by atoms with Crippen molar-refractivity contribution in [2.75, 3.05) is 13.1 Å². The number of piperidine rings is 1. The van der Waals surface area contributed by atoms with Crippen molar-refractivity contribution in [2.24, 2.45) is 0 Å². The highest BCUT2D eigenvalue weighted by atomic mass is 16.2. The third kappa shape index (κ3) is 2.44. The molecule has 1 aromatic rings. The second-order valence-electron chi connectivity index (χ2n) is 5.96. The number of aryl methyl sites for hydroxylation is 2. The molecule has 4 amide bonds. The maximum atomic E-state index is 12.4. The molecule has 0 atom stereocenters. The summed E-state index contributed by atoms with van der Waals surface area (Å²) in [4.78, 5) is 37.2. The van der Waals surface area contributed by atoms with Crippen LogP contribution in [0.4, 0.5) is 4.79 Å². The Hall–Kier alpha value is -2.38. The van der Waals surface area contributed by atoms with E-state index < -0.39 is 11.6 Å². The summed E-state index contributed by atoms with van der Waals surface area (Å²) in [7, 11) is 0. The Morgan fingerprint density at radius 2 is 2.00 bits per heavy atom. The lowest BCUT2D eigenvalue weighted by Gasteiger charge is -2.37. The summed E-state index contributed by atoms with van der Waals surface area (Å²) in [6.07, 6.45) is 0.876. The van der Waals surface area contributed by atoms with Crippen molar-refractivity contribution in [1.29, 1.82) is 0 Å². The molecule has 3 rings (SSSR count). The largest absolute Gasteiger partial charge is 0.341 e. The molecule has 0 aliphatic carbocycles. The number of likely N-dealkylation sites (tertiary alicyclic amines) is 1. The quantitative estimate of drug-likeness (QED) is 0.733. The topological polar surface area (TPSA) is 96.3 Å². The van der Waals surface area contributed by atoms with Crippen molar-refractivity contribution in [3.05, 3.63) is 17.5 Å². The molecule has 1 aromatic heterocycles. The van der Waals surface area contributed by atoms with E-state index >= 15 is 0 Å². The molecule has 8 nitrogen and oxygen atoms in total. The van der Waals surface area contributed by atoms with Gasteiger partial charge in [-0.1, -0.05) is 0 Å². The number of rotatable bonds is 2. The maximum Gasteiger partial charge on any atom is 0.322 e. The van der Waals surface area contributed by atoms with Crippen molar-refractivity contribution in [1.82, 2.24) is 25.3 Å². The molecule has 2 N–H and O–H groups in total. The first-order valence-corrected chi connectivity index (χ1v) is 7.32. The van der Waals surface area contributed by atoms with Crippen LogP contribution in [0, 0.1) is 13.8 Å². The molecule has 0 saturated carbocycles. The lowest BCUT2D eigenvalue weighted by Crippen LogP contribution is -2.56. The van der Waals surface area contributed by atoms with Gasteiger partial charge >= 0.3 is 6.03 Å². The molecule has 0 radical (unpaired) electrons. The Morgan fingerprint density at radius 3 is 2.50 bits per heavy atom. The van der Waals surface area contributed by atoms with E-state index in [0.717, 1.165) is 11.4 Å². The molecular formula is C14H19N5O3. The highest BCUT2D eigenvalue weighted by molar-refractivity contribution is 6.07. The first-order chi connectivity index (χ1) is 10.4. The van der Waals surface area contributed by atoms with E-state index in [1.165, 1.54) is 0 Å². The van der Waals surface area contributed by atoms with Crippen molar-refractivity contribution in [3.8, 4) is 0 Å². The van der Waals surface area contributed by atoms with Crippen molar-refractivity contribution >= 4 is 17.8 Å². The molecule has 118 valence electrons. The van der Waals surface area contributed by atoms with Crippen LogP contribution in [0.3, 0.4) is 0 Å². The standard InChI is InChI=1S/C14H19N5O3/c1-9-7-10(2)19(17-9)8-11(20)18-5-3-14(4-6-18)12(21)15-13(22)16-14/h7H,3-6,8H2,1-2H3,(H2,15,16,21,22). The zero-order valence-corrected chi connectivity index (χ0v) is 12.7. The molecule has 0 aromatic carbocycles. The van der Waals surface area contributed by atoms with Crippen LogP contribution < -0.4 is 10.6 Å². The maximum absolute atomic E-state index is 12.4. The van der Waals surface area contributed by atoms with Crippen molar-refractivity contribution < 1.29 is 14.4 Å². The van der Waals surface area contributed by atoms with Crippen LogP contribution in [0.2, 0.25) is 0 Å². The second-order valence-corrected chi connectivity index (χ2v) is 5.96. The van der Waals surface area contributed by atoms with Crippen LogP contribution in [0.5, 0.6) is 0 Å². The van der Waals surface area contributed by atoms with Crippen LogP contribution in [0.25, 0.3) is 0 Å². The number of nitrogens with zero attached hydrogens (tertiary/aromatic N) is 3. The number of amides is 4. The fraction of sp³-hybridized carbons (Fsp3) is 0.571. The summed E-state index contributed by atoms with van der Waals surface area (Å²) in [6, 6.07) is 1.48. The predicted octanol–water partition coefficient (Wildman–Crippen LogP) is -0.299. The lowest BCUT2D eigenvalue weighted by molar-refractivity contribution is -0.136. The van der Waals surface area contributed by atoms with Crippen LogP contribution >= 0.6 is 0 Å². The summed E-state index contributed by atoms with van der Waals surface area (Å²) >= 11 is 0. The smallest absolute Gasteiger partial charge is 0.322 e. The van der Waals surface area contributed by atoms with Crippen LogP contribution in [-0.2, 0) is 16.1 Å². The summed E-state index contributed by atoms with van der Waals surface area (Å²) < 4.78 is 1.69. The highest BCUT2D eigenvalue weighted by Gasteiger charge is 2.48. The molecule has 3 heterocycles. The average Bonchev–Trinajstić information content (AvgIpc) is 2.90. The second kappa shape index (κ2) is 5.11. The van der Waals surface area contributed by atoms with Gasteiger partial charge in [0, 0.05) is 18.8 Å². The van der Waals surface area contributed by atoms with E-state index in [1.54, 1.807) is 9.58 Å². The SMILES string of the molecule is Cc1cc(C)n(CC(=O)N2CCC3(CC2)NC(=O)NC3=O)n1. The van der Waals surface area contributed by atoms with E-state index in [2.05, 4.69) is 15.7 Å². The summed E-state index contributed by atoms with van der Waals surface area (Å²) in [5.41, 5.74) is 0.988. The fourth-order valence-electron chi connectivity index (χ4n) is 3.08. The number of hydrogen-bond acceptors (Lipinski definition) is 4. The minimum atomic E-state index is -0.841. The number of imide groups is 1. The van der Waals surface area contributed by atoms with Gasteiger partial charge in [0.05, 0.1) is 5.69 Å². The zero-order valence-electron chi connectivity index (χ0n) is 12.7. The molecule has 1 spiro atoms. The minimum Gasteiger partial charge on any atom is -0.341 e. The minimum absolute atomic E-state index is 0.0224. The van der Waals surface area contributed by atoms with Gasteiger partial charge in [-0.05, 0) is 32.8 Å². The van der Waals surface area contributed by atoms with Gasteiger partial charge in [0.2, 0.25) is 5.91 Å². The number of carbonyl (C=O) groups is 3. The Balaban J connectivity index is 1.62. The fourth-order valence-corrected chi connectivity index (χ4v) is 3.08. The van der Waals surface area contributed by atoms with Gasteiger partial charge in [-0.25, -0.2) is 4.79 Å². The molecule has 8 heteroatoms. The van der Waals surface area contributed by atoms with E-state index in [0.29, 0.717) is 25.9 Å². The number of urea groups is 1. The van der Waals surface area contributed by atoms with Gasteiger partial charge in [-0.3, -0.25) is 19.6 Å². The van der Waals surface area contributed by atoms with Gasteiger partial charge in [-0.15, -0.1) is 0 Å². The Labute approximate surface area is 127 Å². The summed E-state index contributed by atoms with van der Waals surface area (Å²) in [5, 5.41) is 9.24. The Morgan fingerprint density at radius 1 is 1.32 bits per heavy atom. The average molecular weight is 305 g/mol. The number of nitrogens with one attached hydrogen (secondary N) is 2. The first kappa shape index (κ1) is 14.6. The van der Waals surface area contributed by atoms with Gasteiger partial charge in [0.1, 0.15) is 12.1 Å². The number of carbonyl (C=O) groups excluding carboxylic acids is 3. The van der Waals surface area contributed by atoms with Crippen LogP contribution in [0.1, 0.15) is 24.2 Å². The third-order valence-electron chi connectivity index (χ3n) is 4.37. The van der Waals surface area contributed by atoms with Crippen LogP contribution in [0.15, 0.2) is 6.07 Å². The first-order valence-electron chi connectivity index (χ1n) is 7.32.